The maximum atomic E-state index is 13.9. The van der Waals surface area contributed by atoms with Crippen molar-refractivity contribution in [1.29, 1.82) is 0 Å². The molecule has 0 spiro atoms. The number of halogens is 2. The molecule has 0 saturated heterocycles. The highest BCUT2D eigenvalue weighted by atomic mass is 35.5. The molecule has 154 valence electrons. The first-order valence-electron chi connectivity index (χ1n) is 9.52. The van der Waals surface area contributed by atoms with Crippen LogP contribution in [-0.4, -0.2) is 12.1 Å². The minimum Gasteiger partial charge on any atom is -0.495 e. The number of aryl methyl sites for hydroxylation is 1. The van der Waals surface area contributed by atoms with E-state index in [0.29, 0.717) is 15.3 Å². The van der Waals surface area contributed by atoms with Crippen LogP contribution in [0.2, 0.25) is 5.02 Å². The molecule has 1 aliphatic carbocycles. The van der Waals surface area contributed by atoms with Gasteiger partial charge in [0.05, 0.1) is 43.8 Å². The zero-order valence-corrected chi connectivity index (χ0v) is 19.0. The van der Waals surface area contributed by atoms with Gasteiger partial charge in [0.15, 0.2) is 0 Å². The highest BCUT2D eigenvalue weighted by Gasteiger charge is 2.20. The lowest BCUT2D eigenvalue weighted by Gasteiger charge is -2.19. The molecule has 0 fully saturated rings. The van der Waals surface area contributed by atoms with Gasteiger partial charge in [-0.25, -0.2) is 9.37 Å². The average Bonchev–Trinajstić information content (AvgIpc) is 2.77. The lowest BCUT2D eigenvalue weighted by Crippen LogP contribution is -2.00. The van der Waals surface area contributed by atoms with Gasteiger partial charge in [-0.15, -0.1) is 11.3 Å². The molecule has 1 N–H and O–H groups in total. The number of anilines is 2. The summed E-state index contributed by atoms with van der Waals surface area (Å²) in [4.78, 5) is 5.73. The van der Waals surface area contributed by atoms with Gasteiger partial charge >= 0.3 is 0 Å². The Labute approximate surface area is 192 Å². The monoisotopic (exact) mass is 466 g/mol. The number of hydrogen-bond acceptors (Lipinski definition) is 5. The van der Waals surface area contributed by atoms with Crippen LogP contribution >= 0.6 is 35.2 Å². The van der Waals surface area contributed by atoms with E-state index in [1.807, 2.05) is 37.3 Å². The Balaban J connectivity index is 1.86. The maximum Gasteiger partial charge on any atom is 0.143 e. The van der Waals surface area contributed by atoms with Crippen molar-refractivity contribution >= 4 is 67.5 Å². The fourth-order valence-electron chi connectivity index (χ4n) is 3.65. The normalized spacial score (nSPS) is 11.4. The van der Waals surface area contributed by atoms with Gasteiger partial charge in [0, 0.05) is 21.9 Å². The van der Waals surface area contributed by atoms with E-state index < -0.39 is 0 Å². The molecule has 7 heteroatoms. The summed E-state index contributed by atoms with van der Waals surface area (Å²) < 4.78 is 20.9. The standard InChI is InChI=1S/C24H16ClFN2OS2/c1-12-9-18(19(29-2)11-16(12)25)28-22-23(30)15-6-4-3-5-14(15)21-24(22)31-20-10-13(26)7-8-17(20)27-21/h3-11,28H,1-2H3. The Morgan fingerprint density at radius 2 is 1.87 bits per heavy atom. The fraction of sp³-hybridized carbons (Fsp3) is 0.0833. The molecular formula is C24H16ClFN2OS2. The minimum atomic E-state index is -0.297. The van der Waals surface area contributed by atoms with Crippen LogP contribution in [0.5, 0.6) is 5.75 Å². The van der Waals surface area contributed by atoms with Crippen LogP contribution in [0.4, 0.5) is 15.8 Å². The van der Waals surface area contributed by atoms with Gasteiger partial charge in [0.2, 0.25) is 0 Å². The third-order valence-corrected chi connectivity index (χ3v) is 7.18. The number of ether oxygens (including phenoxy) is 1. The number of fused-ring (bicyclic) bond motifs is 4. The number of hydrogen-bond donors (Lipinski definition) is 1. The van der Waals surface area contributed by atoms with E-state index in [1.54, 1.807) is 19.2 Å². The molecule has 3 aromatic carbocycles. The van der Waals surface area contributed by atoms with Crippen molar-refractivity contribution in [3.05, 3.63) is 75.5 Å². The molecule has 0 radical (unpaired) electrons. The van der Waals surface area contributed by atoms with Gasteiger partial charge in [0.25, 0.3) is 0 Å². The Kier molecular flexibility index (Phi) is 5.01. The van der Waals surface area contributed by atoms with E-state index in [-0.39, 0.29) is 5.82 Å². The third-order valence-electron chi connectivity index (χ3n) is 5.20. The topological polar surface area (TPSA) is 34.1 Å². The molecule has 2 aliphatic rings. The van der Waals surface area contributed by atoms with Gasteiger partial charge in [0.1, 0.15) is 11.6 Å². The predicted molar refractivity (Wildman–Crippen MR) is 131 cm³/mol. The van der Waals surface area contributed by atoms with Gasteiger partial charge in [-0.3, -0.25) is 0 Å². The van der Waals surface area contributed by atoms with Gasteiger partial charge in [-0.1, -0.05) is 48.1 Å². The molecule has 5 rings (SSSR count). The van der Waals surface area contributed by atoms with Crippen LogP contribution in [-0.2, 0) is 0 Å². The summed E-state index contributed by atoms with van der Waals surface area (Å²) in [6.45, 7) is 1.93. The Morgan fingerprint density at radius 1 is 1.10 bits per heavy atom. The van der Waals surface area contributed by atoms with Crippen molar-refractivity contribution < 1.29 is 9.13 Å². The first-order chi connectivity index (χ1) is 15.0. The Bertz CT molecular complexity index is 1520. The molecule has 31 heavy (non-hydrogen) atoms. The van der Waals surface area contributed by atoms with Crippen LogP contribution in [0.3, 0.4) is 0 Å². The number of methoxy groups -OCH3 is 1. The maximum absolute atomic E-state index is 13.9. The van der Waals surface area contributed by atoms with Gasteiger partial charge in [-0.2, -0.15) is 0 Å². The van der Waals surface area contributed by atoms with Crippen LogP contribution in [0, 0.1) is 17.3 Å². The zero-order valence-electron chi connectivity index (χ0n) is 16.6. The number of nitrogens with zero attached hydrogens (tertiary/aromatic N) is 1. The second kappa shape index (κ2) is 7.71. The molecule has 3 aromatic rings. The van der Waals surface area contributed by atoms with Crippen LogP contribution in [0.1, 0.15) is 5.56 Å². The molecule has 0 bridgehead atoms. The number of rotatable bonds is 3. The van der Waals surface area contributed by atoms with E-state index in [0.717, 1.165) is 48.5 Å². The average molecular weight is 467 g/mol. The lowest BCUT2D eigenvalue weighted by atomic mass is 10.0. The predicted octanol–water partition coefficient (Wildman–Crippen LogP) is 8.14. The summed E-state index contributed by atoms with van der Waals surface area (Å²) in [6, 6.07) is 16.3. The van der Waals surface area contributed by atoms with Crippen molar-refractivity contribution in [3.63, 3.8) is 0 Å². The zero-order chi connectivity index (χ0) is 21.7. The van der Waals surface area contributed by atoms with E-state index in [1.165, 1.54) is 23.5 Å². The molecule has 0 amide bonds. The lowest BCUT2D eigenvalue weighted by molar-refractivity contribution is 0.417. The molecule has 0 atom stereocenters. The Hall–Kier alpha value is -2.80. The minimum absolute atomic E-state index is 0.297. The first kappa shape index (κ1) is 20.1. The van der Waals surface area contributed by atoms with Crippen molar-refractivity contribution in [1.82, 2.24) is 4.98 Å². The Morgan fingerprint density at radius 3 is 2.65 bits per heavy atom. The molecule has 0 aromatic heterocycles. The second-order valence-electron chi connectivity index (χ2n) is 7.18. The summed E-state index contributed by atoms with van der Waals surface area (Å²) in [7, 11) is 1.60. The summed E-state index contributed by atoms with van der Waals surface area (Å²) in [6.07, 6.45) is 0. The first-order valence-corrected chi connectivity index (χ1v) is 11.1. The smallest absolute Gasteiger partial charge is 0.143 e. The summed E-state index contributed by atoms with van der Waals surface area (Å²) in [5, 5.41) is 5.98. The van der Waals surface area contributed by atoms with Crippen LogP contribution in [0.25, 0.3) is 31.6 Å². The largest absolute Gasteiger partial charge is 0.495 e. The van der Waals surface area contributed by atoms with Crippen LogP contribution < -0.4 is 10.1 Å². The summed E-state index contributed by atoms with van der Waals surface area (Å²) in [5.74, 6) is 0.310. The second-order valence-corrected chi connectivity index (χ2v) is 9.05. The van der Waals surface area contributed by atoms with Gasteiger partial charge < -0.3 is 10.1 Å². The van der Waals surface area contributed by atoms with E-state index >= 15 is 0 Å². The molecular weight excluding hydrogens is 451 g/mol. The SMILES string of the molecule is COc1cc(Cl)c(C)cc1Nc1c2sc3cc(F)ccc3nc-2c2ccccc2c1=S. The van der Waals surface area contributed by atoms with Crippen molar-refractivity contribution in [2.75, 3.05) is 12.4 Å². The van der Waals surface area contributed by atoms with Crippen molar-refractivity contribution in [3.8, 4) is 16.3 Å². The third kappa shape index (κ3) is 3.41. The molecule has 0 unspecified atom stereocenters. The number of benzene rings is 4. The highest BCUT2D eigenvalue weighted by molar-refractivity contribution is 7.72. The quantitative estimate of drug-likeness (QED) is 0.165. The van der Waals surface area contributed by atoms with Gasteiger partial charge in [-0.05, 0) is 36.8 Å². The molecule has 1 aliphatic heterocycles. The number of aromatic nitrogens is 1. The summed E-state index contributed by atoms with van der Waals surface area (Å²) in [5.41, 5.74) is 3.97. The molecule has 3 nitrogen and oxygen atoms in total. The fourth-order valence-corrected chi connectivity index (χ4v) is 5.31. The van der Waals surface area contributed by atoms with E-state index in [4.69, 9.17) is 33.5 Å². The van der Waals surface area contributed by atoms with Crippen molar-refractivity contribution in [2.45, 2.75) is 6.92 Å². The molecule has 0 saturated carbocycles. The van der Waals surface area contributed by atoms with E-state index in [2.05, 4.69) is 5.32 Å². The van der Waals surface area contributed by atoms with Crippen LogP contribution in [0.15, 0.2) is 54.6 Å². The summed E-state index contributed by atoms with van der Waals surface area (Å²) >= 11 is 13.6. The van der Waals surface area contributed by atoms with E-state index in [9.17, 15) is 4.39 Å². The molecule has 1 heterocycles. The number of nitrogens with one attached hydrogen (secondary N) is 1. The highest BCUT2D eigenvalue weighted by Crippen LogP contribution is 2.45. The van der Waals surface area contributed by atoms with Crippen molar-refractivity contribution in [2.24, 2.45) is 0 Å².